The van der Waals surface area contributed by atoms with Crippen LogP contribution < -0.4 is 0 Å². The molecule has 1 aromatic carbocycles. The van der Waals surface area contributed by atoms with Gasteiger partial charge in [-0.1, -0.05) is 0 Å². The summed E-state index contributed by atoms with van der Waals surface area (Å²) in [4.78, 5) is 11.1. The van der Waals surface area contributed by atoms with E-state index in [0.717, 1.165) is 4.31 Å². The Morgan fingerprint density at radius 2 is 2.14 bits per heavy atom. The zero-order chi connectivity index (χ0) is 15.8. The van der Waals surface area contributed by atoms with Crippen molar-refractivity contribution in [2.45, 2.75) is 30.4 Å². The van der Waals surface area contributed by atoms with Crippen LogP contribution in [0.3, 0.4) is 0 Å². The Hall–Kier alpha value is -1.95. The van der Waals surface area contributed by atoms with Gasteiger partial charge in [0.05, 0.1) is 22.6 Å². The van der Waals surface area contributed by atoms with E-state index in [4.69, 9.17) is 10.4 Å². The number of carboxylic acids is 1. The molecule has 0 saturated carbocycles. The average molecular weight is 310 g/mol. The molecule has 0 bridgehead atoms. The van der Waals surface area contributed by atoms with E-state index in [9.17, 15) is 18.3 Å². The average Bonchev–Trinajstić information content (AvgIpc) is 2.81. The third-order valence-corrected chi connectivity index (χ3v) is 5.31. The predicted molar refractivity (Wildman–Crippen MR) is 71.8 cm³/mol. The van der Waals surface area contributed by atoms with Crippen LogP contribution in [0, 0.1) is 18.3 Å². The van der Waals surface area contributed by atoms with Gasteiger partial charge in [0.25, 0.3) is 0 Å². The van der Waals surface area contributed by atoms with Gasteiger partial charge in [-0.25, -0.2) is 8.42 Å². The number of β-amino-alcohol motifs (C(OH)–C–C–N with tert-alkyl or cyclic N) is 1. The van der Waals surface area contributed by atoms with Crippen LogP contribution in [0.15, 0.2) is 23.1 Å². The van der Waals surface area contributed by atoms with Crippen LogP contribution in [0.2, 0.25) is 0 Å². The SMILES string of the molecule is Cc1cc(S(=O)(=O)N2C[C@@H](O)C[C@H]2C(=O)O)ccc1C#N. The Bertz CT molecular complexity index is 723. The Kier molecular flexibility index (Phi) is 4.00. The molecule has 1 aliphatic rings. The third kappa shape index (κ3) is 2.76. The first-order chi connectivity index (χ1) is 9.77. The highest BCUT2D eigenvalue weighted by atomic mass is 32.2. The maximum absolute atomic E-state index is 12.5. The number of nitrogens with zero attached hydrogens (tertiary/aromatic N) is 2. The number of benzene rings is 1. The first-order valence-corrected chi connectivity index (χ1v) is 7.65. The Morgan fingerprint density at radius 3 is 2.67 bits per heavy atom. The normalized spacial score (nSPS) is 22.9. The number of aliphatic hydroxyl groups is 1. The van der Waals surface area contributed by atoms with Gasteiger partial charge >= 0.3 is 5.97 Å². The van der Waals surface area contributed by atoms with Gasteiger partial charge in [0.2, 0.25) is 10.0 Å². The lowest BCUT2D eigenvalue weighted by atomic mass is 10.1. The molecule has 2 rings (SSSR count). The minimum absolute atomic E-state index is 0.0839. The smallest absolute Gasteiger partial charge is 0.322 e. The lowest BCUT2D eigenvalue weighted by Gasteiger charge is -2.21. The quantitative estimate of drug-likeness (QED) is 0.816. The molecule has 0 amide bonds. The van der Waals surface area contributed by atoms with E-state index >= 15 is 0 Å². The first-order valence-electron chi connectivity index (χ1n) is 6.21. The standard InChI is InChI=1S/C13H14N2O5S/c1-8-4-11(3-2-9(8)6-14)21(19,20)15-7-10(16)5-12(15)13(17)18/h2-4,10,12,16H,5,7H2,1H3,(H,17,18)/t10-,12-/m0/s1. The Balaban J connectivity index is 2.45. The van der Waals surface area contributed by atoms with Crippen molar-refractivity contribution in [2.24, 2.45) is 0 Å². The van der Waals surface area contributed by atoms with Crippen LogP contribution in [0.5, 0.6) is 0 Å². The molecule has 2 N–H and O–H groups in total. The summed E-state index contributed by atoms with van der Waals surface area (Å²) in [6, 6.07) is 4.64. The number of sulfonamides is 1. The molecule has 7 nitrogen and oxygen atoms in total. The van der Waals surface area contributed by atoms with E-state index in [1.165, 1.54) is 18.2 Å². The summed E-state index contributed by atoms with van der Waals surface area (Å²) in [6.07, 6.45) is -1.13. The highest BCUT2D eigenvalue weighted by Gasteiger charge is 2.43. The second kappa shape index (κ2) is 5.44. The third-order valence-electron chi connectivity index (χ3n) is 3.44. The topological polar surface area (TPSA) is 119 Å². The largest absolute Gasteiger partial charge is 0.480 e. The van der Waals surface area contributed by atoms with Crippen molar-refractivity contribution in [3.63, 3.8) is 0 Å². The van der Waals surface area contributed by atoms with Crippen molar-refractivity contribution in [3.05, 3.63) is 29.3 Å². The molecule has 21 heavy (non-hydrogen) atoms. The fourth-order valence-corrected chi connectivity index (χ4v) is 4.05. The molecule has 0 spiro atoms. The number of aliphatic hydroxyl groups excluding tert-OH is 1. The number of carboxylic acid groups (broad SMARTS) is 1. The second-order valence-corrected chi connectivity index (χ2v) is 6.80. The number of hydrogen-bond acceptors (Lipinski definition) is 5. The molecular formula is C13H14N2O5S. The number of aryl methyl sites for hydroxylation is 1. The highest BCUT2D eigenvalue weighted by Crippen LogP contribution is 2.27. The molecule has 1 fully saturated rings. The van der Waals surface area contributed by atoms with Crippen molar-refractivity contribution in [1.29, 1.82) is 5.26 Å². The number of aliphatic carboxylic acids is 1. The van der Waals surface area contributed by atoms with Gasteiger partial charge in [-0.15, -0.1) is 0 Å². The predicted octanol–water partition coefficient (Wildman–Crippen LogP) is 0.0752. The first kappa shape index (κ1) is 15.4. The van der Waals surface area contributed by atoms with E-state index in [-0.39, 0.29) is 17.9 Å². The number of rotatable bonds is 3. The summed E-state index contributed by atoms with van der Waals surface area (Å²) < 4.78 is 25.8. The summed E-state index contributed by atoms with van der Waals surface area (Å²) >= 11 is 0. The van der Waals surface area contributed by atoms with Gasteiger partial charge in [0.15, 0.2) is 0 Å². The summed E-state index contributed by atoms with van der Waals surface area (Å²) in [5, 5.41) is 27.5. The molecule has 1 heterocycles. The van der Waals surface area contributed by atoms with Crippen LogP contribution in [0.4, 0.5) is 0 Å². The lowest BCUT2D eigenvalue weighted by Crippen LogP contribution is -2.40. The van der Waals surface area contributed by atoms with Crippen LogP contribution in [0.1, 0.15) is 17.5 Å². The number of carbonyl (C=O) groups is 1. The monoisotopic (exact) mass is 310 g/mol. The van der Waals surface area contributed by atoms with Crippen LogP contribution in [-0.4, -0.2) is 47.6 Å². The van der Waals surface area contributed by atoms with E-state index in [1.807, 2.05) is 6.07 Å². The van der Waals surface area contributed by atoms with E-state index in [0.29, 0.717) is 11.1 Å². The molecule has 1 saturated heterocycles. The molecule has 112 valence electrons. The van der Waals surface area contributed by atoms with Crippen LogP contribution in [0.25, 0.3) is 0 Å². The maximum Gasteiger partial charge on any atom is 0.322 e. The van der Waals surface area contributed by atoms with Gasteiger partial charge in [0.1, 0.15) is 6.04 Å². The van der Waals surface area contributed by atoms with E-state index < -0.39 is 28.1 Å². The Morgan fingerprint density at radius 1 is 1.48 bits per heavy atom. The van der Waals surface area contributed by atoms with E-state index in [1.54, 1.807) is 6.92 Å². The highest BCUT2D eigenvalue weighted by molar-refractivity contribution is 7.89. The summed E-state index contributed by atoms with van der Waals surface area (Å²) in [5.41, 5.74) is 0.843. The van der Waals surface area contributed by atoms with Crippen molar-refractivity contribution in [2.75, 3.05) is 6.54 Å². The fraction of sp³-hybridized carbons (Fsp3) is 0.385. The van der Waals surface area contributed by atoms with Crippen molar-refractivity contribution >= 4 is 16.0 Å². The molecule has 0 aromatic heterocycles. The van der Waals surface area contributed by atoms with Gasteiger partial charge in [-0.3, -0.25) is 4.79 Å². The van der Waals surface area contributed by atoms with Gasteiger partial charge in [-0.2, -0.15) is 9.57 Å². The molecule has 8 heteroatoms. The maximum atomic E-state index is 12.5. The fourth-order valence-electron chi connectivity index (χ4n) is 2.33. The minimum atomic E-state index is -4.03. The molecular weight excluding hydrogens is 296 g/mol. The zero-order valence-electron chi connectivity index (χ0n) is 11.2. The van der Waals surface area contributed by atoms with Gasteiger partial charge in [-0.05, 0) is 30.7 Å². The van der Waals surface area contributed by atoms with Crippen LogP contribution >= 0.6 is 0 Å². The van der Waals surface area contributed by atoms with Gasteiger partial charge < -0.3 is 10.2 Å². The number of hydrogen-bond donors (Lipinski definition) is 2. The summed E-state index contributed by atoms with van der Waals surface area (Å²) in [6.45, 7) is 1.35. The molecule has 0 aliphatic carbocycles. The Labute approximate surface area is 122 Å². The lowest BCUT2D eigenvalue weighted by molar-refractivity contribution is -0.140. The van der Waals surface area contributed by atoms with E-state index in [2.05, 4.69) is 0 Å². The second-order valence-electron chi connectivity index (χ2n) is 4.91. The van der Waals surface area contributed by atoms with Crippen molar-refractivity contribution < 1.29 is 23.4 Å². The summed E-state index contributed by atoms with van der Waals surface area (Å²) in [7, 11) is -4.03. The molecule has 1 aliphatic heterocycles. The van der Waals surface area contributed by atoms with Crippen molar-refractivity contribution in [3.8, 4) is 6.07 Å². The minimum Gasteiger partial charge on any atom is -0.480 e. The molecule has 2 atom stereocenters. The molecule has 0 radical (unpaired) electrons. The molecule has 1 aromatic rings. The number of nitriles is 1. The molecule has 0 unspecified atom stereocenters. The summed E-state index contributed by atoms with van der Waals surface area (Å²) in [5.74, 6) is -1.29. The van der Waals surface area contributed by atoms with Gasteiger partial charge in [0, 0.05) is 13.0 Å². The van der Waals surface area contributed by atoms with Crippen LogP contribution in [-0.2, 0) is 14.8 Å². The van der Waals surface area contributed by atoms with Crippen molar-refractivity contribution in [1.82, 2.24) is 4.31 Å². The zero-order valence-corrected chi connectivity index (χ0v) is 12.0.